The van der Waals surface area contributed by atoms with Crippen LogP contribution in [0.1, 0.15) is 27.2 Å². The van der Waals surface area contributed by atoms with Gasteiger partial charge in [0, 0.05) is 20.3 Å². The molecule has 1 aliphatic heterocycles. The molecule has 0 aromatic heterocycles. The first-order valence-electron chi connectivity index (χ1n) is 5.50. The first-order valence-corrected chi connectivity index (χ1v) is 5.50. The molecule has 0 amide bonds. The van der Waals surface area contributed by atoms with E-state index in [0.29, 0.717) is 0 Å². The second kappa shape index (κ2) is 5.95. The number of esters is 2. The summed E-state index contributed by atoms with van der Waals surface area (Å²) in [5.74, 6) is -0.953. The van der Waals surface area contributed by atoms with Crippen molar-refractivity contribution in [1.29, 1.82) is 0 Å². The first-order chi connectivity index (χ1) is 7.90. The third-order valence-corrected chi connectivity index (χ3v) is 2.50. The third-order valence-electron chi connectivity index (χ3n) is 2.50. The van der Waals surface area contributed by atoms with E-state index in [4.69, 9.17) is 14.2 Å². The Kier molecular flexibility index (Phi) is 4.86. The second-order valence-electron chi connectivity index (χ2n) is 4.09. The van der Waals surface area contributed by atoms with Gasteiger partial charge >= 0.3 is 11.9 Å². The zero-order valence-corrected chi connectivity index (χ0v) is 10.1. The van der Waals surface area contributed by atoms with Crippen LogP contribution in [0.15, 0.2) is 0 Å². The maximum Gasteiger partial charge on any atom is 0.303 e. The van der Waals surface area contributed by atoms with E-state index >= 15 is 0 Å². The van der Waals surface area contributed by atoms with Crippen LogP contribution < -0.4 is 0 Å². The van der Waals surface area contributed by atoms with E-state index in [1.807, 2.05) is 0 Å². The average Bonchev–Trinajstić information content (AvgIpc) is 2.21. The fraction of sp³-hybridized carbons (Fsp3) is 0.818. The van der Waals surface area contributed by atoms with Crippen LogP contribution in [0.3, 0.4) is 0 Å². The summed E-state index contributed by atoms with van der Waals surface area (Å²) in [4.78, 5) is 21.5. The molecule has 4 atom stereocenters. The van der Waals surface area contributed by atoms with E-state index in [0.717, 1.165) is 0 Å². The number of ether oxygens (including phenoxy) is 3. The molecule has 98 valence electrons. The van der Waals surface area contributed by atoms with E-state index < -0.39 is 36.4 Å². The van der Waals surface area contributed by atoms with Gasteiger partial charge in [-0.2, -0.15) is 0 Å². The minimum absolute atomic E-state index is 0.0458. The summed E-state index contributed by atoms with van der Waals surface area (Å²) in [5.41, 5.74) is 0. The fourth-order valence-corrected chi connectivity index (χ4v) is 1.77. The van der Waals surface area contributed by atoms with Gasteiger partial charge in [-0.05, 0) is 6.92 Å². The Morgan fingerprint density at radius 2 is 2.00 bits per heavy atom. The van der Waals surface area contributed by atoms with Gasteiger partial charge in [0.05, 0.1) is 12.2 Å². The Hall–Kier alpha value is -1.17. The molecule has 0 saturated carbocycles. The van der Waals surface area contributed by atoms with Crippen LogP contribution in [0.2, 0.25) is 0 Å². The number of alkyl halides is 1. The molecular weight excluding hydrogens is 231 g/mol. The predicted octanol–water partition coefficient (Wildman–Crippen LogP) is 0.997. The number of hydrogen-bond donors (Lipinski definition) is 0. The van der Waals surface area contributed by atoms with Crippen LogP contribution in [0.4, 0.5) is 4.39 Å². The molecule has 17 heavy (non-hydrogen) atoms. The van der Waals surface area contributed by atoms with Gasteiger partial charge in [-0.1, -0.05) is 0 Å². The molecule has 1 rings (SSSR count). The van der Waals surface area contributed by atoms with Gasteiger partial charge in [-0.15, -0.1) is 0 Å². The van der Waals surface area contributed by atoms with Crippen LogP contribution in [0.5, 0.6) is 0 Å². The number of carbonyl (C=O) groups is 2. The standard InChI is InChI=1S/C11H17FO5/c1-6-11(12)10(17-8(3)14)4-9(16-6)5-15-7(2)13/h6,9-11H,4-5H2,1-3H3/t6-,9+,10+,11+/m1/s1. The maximum atomic E-state index is 13.7. The molecule has 0 aromatic rings. The highest BCUT2D eigenvalue weighted by atomic mass is 19.1. The smallest absolute Gasteiger partial charge is 0.303 e. The largest absolute Gasteiger partial charge is 0.463 e. The second-order valence-corrected chi connectivity index (χ2v) is 4.09. The maximum absolute atomic E-state index is 13.7. The Morgan fingerprint density at radius 1 is 1.35 bits per heavy atom. The molecule has 1 fully saturated rings. The summed E-state index contributed by atoms with van der Waals surface area (Å²) in [5, 5.41) is 0. The van der Waals surface area contributed by atoms with Crippen LogP contribution in [0.25, 0.3) is 0 Å². The molecule has 0 unspecified atom stereocenters. The van der Waals surface area contributed by atoms with Crippen LogP contribution in [0, 0.1) is 0 Å². The van der Waals surface area contributed by atoms with Gasteiger partial charge < -0.3 is 14.2 Å². The highest BCUT2D eigenvalue weighted by Gasteiger charge is 2.39. The molecule has 0 bridgehead atoms. The number of carbonyl (C=O) groups excluding carboxylic acids is 2. The van der Waals surface area contributed by atoms with E-state index in [1.165, 1.54) is 13.8 Å². The normalized spacial score (nSPS) is 32.9. The summed E-state index contributed by atoms with van der Waals surface area (Å²) in [6.45, 7) is 4.12. The lowest BCUT2D eigenvalue weighted by Gasteiger charge is -2.35. The molecule has 0 radical (unpaired) electrons. The molecule has 5 nitrogen and oxygen atoms in total. The molecule has 6 heteroatoms. The molecular formula is C11H17FO5. The fourth-order valence-electron chi connectivity index (χ4n) is 1.77. The summed E-state index contributed by atoms with van der Waals surface area (Å²) < 4.78 is 28.6. The molecule has 0 N–H and O–H groups in total. The first kappa shape index (κ1) is 13.9. The third kappa shape index (κ3) is 4.30. The van der Waals surface area contributed by atoms with Crippen molar-refractivity contribution in [2.75, 3.05) is 6.61 Å². The van der Waals surface area contributed by atoms with Crippen molar-refractivity contribution in [3.63, 3.8) is 0 Å². The van der Waals surface area contributed by atoms with Crippen molar-refractivity contribution >= 4 is 11.9 Å². The molecule has 1 heterocycles. The summed E-state index contributed by atoms with van der Waals surface area (Å²) in [6, 6.07) is 0. The van der Waals surface area contributed by atoms with E-state index in [9.17, 15) is 14.0 Å². The Labute approximate surface area is 99.2 Å². The predicted molar refractivity (Wildman–Crippen MR) is 56.0 cm³/mol. The van der Waals surface area contributed by atoms with Crippen LogP contribution in [-0.2, 0) is 23.8 Å². The summed E-state index contributed by atoms with van der Waals surface area (Å²) in [7, 11) is 0. The lowest BCUT2D eigenvalue weighted by atomic mass is 10.00. The lowest BCUT2D eigenvalue weighted by molar-refractivity contribution is -0.183. The number of halogens is 1. The van der Waals surface area contributed by atoms with Gasteiger partial charge in [0.1, 0.15) is 12.7 Å². The SMILES string of the molecule is CC(=O)OC[C@@H]1C[C@H](OC(C)=O)[C@@H](F)[C@@H](C)O1. The highest BCUT2D eigenvalue weighted by molar-refractivity contribution is 5.66. The van der Waals surface area contributed by atoms with Crippen molar-refractivity contribution in [3.8, 4) is 0 Å². The van der Waals surface area contributed by atoms with Crippen LogP contribution >= 0.6 is 0 Å². The number of rotatable bonds is 3. The van der Waals surface area contributed by atoms with E-state index in [2.05, 4.69) is 0 Å². The van der Waals surface area contributed by atoms with E-state index in [1.54, 1.807) is 6.92 Å². The molecule has 0 aliphatic carbocycles. The lowest BCUT2D eigenvalue weighted by Crippen LogP contribution is -2.47. The number of hydrogen-bond acceptors (Lipinski definition) is 5. The van der Waals surface area contributed by atoms with Gasteiger partial charge in [-0.25, -0.2) is 4.39 Å². The van der Waals surface area contributed by atoms with Crippen molar-refractivity contribution in [2.45, 2.75) is 51.7 Å². The minimum Gasteiger partial charge on any atom is -0.463 e. The topological polar surface area (TPSA) is 61.8 Å². The molecule has 1 aliphatic rings. The van der Waals surface area contributed by atoms with Gasteiger partial charge in [0.25, 0.3) is 0 Å². The van der Waals surface area contributed by atoms with Gasteiger partial charge in [0.15, 0.2) is 6.17 Å². The van der Waals surface area contributed by atoms with Crippen molar-refractivity contribution in [1.82, 2.24) is 0 Å². The highest BCUT2D eigenvalue weighted by Crippen LogP contribution is 2.25. The monoisotopic (exact) mass is 248 g/mol. The minimum atomic E-state index is -1.35. The molecule has 1 saturated heterocycles. The summed E-state index contributed by atoms with van der Waals surface area (Å²) in [6.07, 6.45) is -3.12. The Morgan fingerprint density at radius 3 is 2.53 bits per heavy atom. The van der Waals surface area contributed by atoms with Crippen molar-refractivity contribution in [3.05, 3.63) is 0 Å². The summed E-state index contributed by atoms with van der Waals surface area (Å²) >= 11 is 0. The van der Waals surface area contributed by atoms with Gasteiger partial charge in [-0.3, -0.25) is 9.59 Å². The molecule has 0 aromatic carbocycles. The quantitative estimate of drug-likeness (QED) is 0.697. The van der Waals surface area contributed by atoms with Crippen molar-refractivity contribution < 1.29 is 28.2 Å². The Bertz CT molecular complexity index is 294. The van der Waals surface area contributed by atoms with E-state index in [-0.39, 0.29) is 13.0 Å². The van der Waals surface area contributed by atoms with Gasteiger partial charge in [0.2, 0.25) is 0 Å². The Balaban J connectivity index is 2.53. The zero-order chi connectivity index (χ0) is 13.0. The zero-order valence-electron chi connectivity index (χ0n) is 10.1. The molecule has 0 spiro atoms. The average molecular weight is 248 g/mol. The van der Waals surface area contributed by atoms with Crippen LogP contribution in [-0.4, -0.2) is 43.0 Å². The van der Waals surface area contributed by atoms with Crippen molar-refractivity contribution in [2.24, 2.45) is 0 Å².